The highest BCUT2D eigenvalue weighted by molar-refractivity contribution is 5.74. The van der Waals surface area contributed by atoms with Crippen molar-refractivity contribution in [2.45, 2.75) is 19.3 Å². The van der Waals surface area contributed by atoms with Crippen LogP contribution in [0.25, 0.3) is 0 Å². The molecule has 11 heavy (non-hydrogen) atoms. The molecule has 64 valence electrons. The summed E-state index contributed by atoms with van der Waals surface area (Å²) < 4.78 is 4.90. The fourth-order valence-corrected chi connectivity index (χ4v) is 1.08. The predicted molar refractivity (Wildman–Crippen MR) is 43.5 cm³/mol. The highest BCUT2D eigenvalue weighted by atomic mass is 16.5. The maximum absolute atomic E-state index is 11.0. The summed E-state index contributed by atoms with van der Waals surface area (Å²) in [6.07, 6.45) is 4.65. The first-order valence-electron chi connectivity index (χ1n) is 3.64. The van der Waals surface area contributed by atoms with Gasteiger partial charge in [-0.05, 0) is 19.3 Å². The topological polar surface area (TPSA) is 61.3 Å². The van der Waals surface area contributed by atoms with Crippen LogP contribution in [0, 0.1) is 5.92 Å². The lowest BCUT2D eigenvalue weighted by Gasteiger charge is -2.04. The van der Waals surface area contributed by atoms with Crippen molar-refractivity contribution in [3.05, 3.63) is 12.7 Å². The van der Waals surface area contributed by atoms with Gasteiger partial charge in [0.2, 0.25) is 0 Å². The van der Waals surface area contributed by atoms with Crippen LogP contribution in [-0.2, 0) is 9.53 Å². The predicted octanol–water partition coefficient (Wildman–Crippen LogP) is 1.68. The minimum atomic E-state index is -0.104. The van der Waals surface area contributed by atoms with E-state index in [0.717, 1.165) is 19.3 Å². The molecule has 0 spiro atoms. The van der Waals surface area contributed by atoms with Gasteiger partial charge in [-0.2, -0.15) is 0 Å². The molecule has 1 saturated heterocycles. The van der Waals surface area contributed by atoms with Crippen molar-refractivity contribution in [3.8, 4) is 0 Å². The van der Waals surface area contributed by atoms with Crippen LogP contribution >= 0.6 is 0 Å². The summed E-state index contributed by atoms with van der Waals surface area (Å²) in [6.45, 7) is 4.16. The minimum absolute atomic E-state index is 0. The molecule has 0 saturated carbocycles. The Labute approximate surface area is 67.0 Å². The summed E-state index contributed by atoms with van der Waals surface area (Å²) in [4.78, 5) is 11.0. The molecule has 0 amide bonds. The molecule has 3 nitrogen and oxygen atoms in total. The van der Waals surface area contributed by atoms with Gasteiger partial charge >= 0.3 is 5.97 Å². The van der Waals surface area contributed by atoms with Crippen molar-refractivity contribution >= 4 is 5.97 Å². The molecule has 3 heteroatoms. The van der Waals surface area contributed by atoms with Gasteiger partial charge in [0.1, 0.15) is 0 Å². The molecule has 3 N–H and O–H groups in total. The van der Waals surface area contributed by atoms with Crippen LogP contribution in [0.3, 0.4) is 0 Å². The molecule has 1 atom stereocenters. The lowest BCUT2D eigenvalue weighted by atomic mass is 10.0. The molecule has 1 unspecified atom stereocenters. The van der Waals surface area contributed by atoms with Gasteiger partial charge in [-0.3, -0.25) is 4.79 Å². The number of hydrogen-bond acceptors (Lipinski definition) is 3. The zero-order valence-electron chi connectivity index (χ0n) is 6.71. The first-order valence-corrected chi connectivity index (χ1v) is 3.64. The monoisotopic (exact) mass is 157 g/mol. The van der Waals surface area contributed by atoms with Crippen LogP contribution in [0.1, 0.15) is 19.3 Å². The van der Waals surface area contributed by atoms with E-state index in [9.17, 15) is 4.79 Å². The van der Waals surface area contributed by atoms with E-state index in [1.54, 1.807) is 6.08 Å². The Hall–Kier alpha value is -0.830. The lowest BCUT2D eigenvalue weighted by molar-refractivity contribution is -0.145. The third-order valence-electron chi connectivity index (χ3n) is 1.74. The summed E-state index contributed by atoms with van der Waals surface area (Å²) in [6, 6.07) is 0. The van der Waals surface area contributed by atoms with Gasteiger partial charge in [0.15, 0.2) is 0 Å². The van der Waals surface area contributed by atoms with Gasteiger partial charge < -0.3 is 10.9 Å². The van der Waals surface area contributed by atoms with E-state index in [-0.39, 0.29) is 18.0 Å². The number of esters is 1. The lowest BCUT2D eigenvalue weighted by Crippen LogP contribution is -2.12. The number of hydrogen-bond donors (Lipinski definition) is 1. The molecule has 0 aromatic carbocycles. The van der Waals surface area contributed by atoms with Gasteiger partial charge in [0.25, 0.3) is 0 Å². The standard InChI is InChI=1S/C8H12O2.H3N/c1-2-7-5-3-4-6-10-8(7)9;/h2,7H,1,3-6H2;1H3. The molecule has 1 aliphatic heterocycles. The molecule has 0 aliphatic carbocycles. The molecule has 1 fully saturated rings. The van der Waals surface area contributed by atoms with Crippen molar-refractivity contribution < 1.29 is 9.53 Å². The maximum atomic E-state index is 11.0. The summed E-state index contributed by atoms with van der Waals surface area (Å²) in [5.41, 5.74) is 0. The molecule has 1 heterocycles. The van der Waals surface area contributed by atoms with Crippen LogP contribution in [0.15, 0.2) is 12.7 Å². The van der Waals surface area contributed by atoms with Crippen LogP contribution in [0.2, 0.25) is 0 Å². The number of cyclic esters (lactones) is 1. The normalized spacial score (nSPS) is 24.4. The molecule has 0 bridgehead atoms. The van der Waals surface area contributed by atoms with Gasteiger partial charge in [0, 0.05) is 0 Å². The fraction of sp³-hybridized carbons (Fsp3) is 0.625. The van der Waals surface area contributed by atoms with Gasteiger partial charge in [-0.15, -0.1) is 6.58 Å². The number of carbonyl (C=O) groups excluding carboxylic acids is 1. The summed E-state index contributed by atoms with van der Waals surface area (Å²) in [7, 11) is 0. The molecule has 0 aromatic rings. The van der Waals surface area contributed by atoms with E-state index >= 15 is 0 Å². The first-order chi connectivity index (χ1) is 4.84. The van der Waals surface area contributed by atoms with Crippen LogP contribution < -0.4 is 6.15 Å². The minimum Gasteiger partial charge on any atom is -0.465 e. The Balaban J connectivity index is 0.000001000. The second kappa shape index (κ2) is 4.91. The number of rotatable bonds is 1. The van der Waals surface area contributed by atoms with E-state index in [4.69, 9.17) is 4.74 Å². The van der Waals surface area contributed by atoms with Crippen LogP contribution in [0.4, 0.5) is 0 Å². The highest BCUT2D eigenvalue weighted by Crippen LogP contribution is 2.15. The Kier molecular flexibility index (Phi) is 4.54. The molecule has 0 radical (unpaired) electrons. The zero-order chi connectivity index (χ0) is 7.40. The van der Waals surface area contributed by atoms with E-state index in [0.29, 0.717) is 6.61 Å². The van der Waals surface area contributed by atoms with Crippen LogP contribution in [0.5, 0.6) is 0 Å². The van der Waals surface area contributed by atoms with Gasteiger partial charge in [0.05, 0.1) is 12.5 Å². The summed E-state index contributed by atoms with van der Waals surface area (Å²) in [5, 5.41) is 0. The Morgan fingerprint density at radius 1 is 1.55 bits per heavy atom. The van der Waals surface area contributed by atoms with E-state index in [1.807, 2.05) is 0 Å². The Bertz CT molecular complexity index is 145. The van der Waals surface area contributed by atoms with E-state index in [2.05, 4.69) is 6.58 Å². The SMILES string of the molecule is C=CC1CCCCOC1=O.N. The average molecular weight is 157 g/mol. The first kappa shape index (κ1) is 10.2. The largest absolute Gasteiger partial charge is 0.465 e. The van der Waals surface area contributed by atoms with Crippen molar-refractivity contribution in [3.63, 3.8) is 0 Å². The van der Waals surface area contributed by atoms with Crippen LogP contribution in [-0.4, -0.2) is 12.6 Å². The second-order valence-electron chi connectivity index (χ2n) is 2.51. The van der Waals surface area contributed by atoms with Crippen molar-refractivity contribution in [1.29, 1.82) is 0 Å². The fourth-order valence-electron chi connectivity index (χ4n) is 1.08. The second-order valence-corrected chi connectivity index (χ2v) is 2.51. The maximum Gasteiger partial charge on any atom is 0.312 e. The van der Waals surface area contributed by atoms with Crippen molar-refractivity contribution in [2.24, 2.45) is 5.92 Å². The van der Waals surface area contributed by atoms with Crippen molar-refractivity contribution in [2.75, 3.05) is 6.61 Å². The zero-order valence-corrected chi connectivity index (χ0v) is 6.71. The summed E-state index contributed by atoms with van der Waals surface area (Å²) >= 11 is 0. The Morgan fingerprint density at radius 2 is 2.27 bits per heavy atom. The average Bonchev–Trinajstić information content (AvgIpc) is 2.13. The van der Waals surface area contributed by atoms with E-state index < -0.39 is 0 Å². The molecule has 1 aliphatic rings. The molecular weight excluding hydrogens is 142 g/mol. The third-order valence-corrected chi connectivity index (χ3v) is 1.74. The molecule has 1 rings (SSSR count). The molecule has 0 aromatic heterocycles. The van der Waals surface area contributed by atoms with E-state index in [1.165, 1.54) is 0 Å². The quantitative estimate of drug-likeness (QED) is 0.465. The van der Waals surface area contributed by atoms with Crippen molar-refractivity contribution in [1.82, 2.24) is 6.15 Å². The molecular formula is C8H15NO2. The Morgan fingerprint density at radius 3 is 2.91 bits per heavy atom. The third kappa shape index (κ3) is 2.72. The number of ether oxygens (including phenoxy) is 1. The van der Waals surface area contributed by atoms with Gasteiger partial charge in [-0.25, -0.2) is 0 Å². The highest BCUT2D eigenvalue weighted by Gasteiger charge is 2.18. The van der Waals surface area contributed by atoms with Gasteiger partial charge in [-0.1, -0.05) is 6.08 Å². The smallest absolute Gasteiger partial charge is 0.312 e. The number of carbonyl (C=O) groups is 1. The summed E-state index contributed by atoms with van der Waals surface area (Å²) in [5.74, 6) is -0.157.